The lowest BCUT2D eigenvalue weighted by Crippen LogP contribution is -1.53. The maximum atomic E-state index is 2.21. The van der Waals surface area contributed by atoms with Crippen LogP contribution in [0.25, 0.3) is 10.2 Å². The van der Waals surface area contributed by atoms with Gasteiger partial charge in [-0.2, -0.15) is 5.03 Å². The quantitative estimate of drug-likeness (QED) is 0.552. The summed E-state index contributed by atoms with van der Waals surface area (Å²) in [5, 5.41) is 4.52. The van der Waals surface area contributed by atoms with Crippen molar-refractivity contribution in [2.75, 3.05) is 0 Å². The molecule has 0 fully saturated rings. The molecule has 0 N–H and O–H groups in total. The van der Waals surface area contributed by atoms with Crippen LogP contribution in [0.3, 0.4) is 0 Å². The summed E-state index contributed by atoms with van der Waals surface area (Å²) >= 11 is 0. The first-order valence-electron chi connectivity index (χ1n) is 3.22. The van der Waals surface area contributed by atoms with Crippen LogP contribution in [0.5, 0.6) is 0 Å². The van der Waals surface area contributed by atoms with Crippen molar-refractivity contribution in [3.05, 3.63) is 29.3 Å². The summed E-state index contributed by atoms with van der Waals surface area (Å²) in [7, 11) is 2.85. The molecule has 2 aromatic rings. The van der Waals surface area contributed by atoms with Gasteiger partial charge < -0.3 is 16.4 Å². The van der Waals surface area contributed by atoms with Gasteiger partial charge in [-0.25, -0.2) is 0 Å². The molecule has 0 saturated heterocycles. The third-order valence-electron chi connectivity index (χ3n) is 1.45. The van der Waals surface area contributed by atoms with Crippen molar-refractivity contribution >= 4 is 26.6 Å². The Bertz CT molecular complexity index is 316. The minimum atomic E-state index is 1.43. The normalized spacial score (nSPS) is 12.1. The van der Waals surface area contributed by atoms with Gasteiger partial charge in [-0.3, -0.25) is 0 Å². The molecule has 0 nitrogen and oxygen atoms in total. The largest absolute Gasteiger partial charge is 0.303 e. The highest BCUT2D eigenvalue weighted by atomic mass is 31.1. The minimum Gasteiger partial charge on any atom is -0.303 e. The van der Waals surface area contributed by atoms with Crippen molar-refractivity contribution < 1.29 is 0 Å². The summed E-state index contributed by atoms with van der Waals surface area (Å²) in [5.74, 6) is 0. The molecule has 0 saturated carbocycles. The zero-order chi connectivity index (χ0) is 6.97. The van der Waals surface area contributed by atoms with E-state index in [1.54, 1.807) is 5.03 Å². The molecular weight excluding hydrogens is 158 g/mol. The Kier molecular flexibility index (Phi) is 1.52. The van der Waals surface area contributed by atoms with Crippen LogP contribution in [0.2, 0.25) is 0 Å². The Hall–Kier alpha value is -0.310. The van der Waals surface area contributed by atoms with Crippen molar-refractivity contribution in [3.8, 4) is 0 Å². The maximum absolute atomic E-state index is 2.21. The van der Waals surface area contributed by atoms with Crippen LogP contribution in [0.4, 0.5) is 0 Å². The number of aryl methyl sites for hydroxylation is 1. The van der Waals surface area contributed by atoms with Gasteiger partial charge in [-0.15, -0.1) is 10.2 Å². The van der Waals surface area contributed by atoms with Gasteiger partial charge in [-0.1, -0.05) is 31.2 Å². The molecule has 0 spiro atoms. The monoisotopic (exact) mass is 165 g/mol. The maximum Gasteiger partial charge on any atom is -0.0629 e. The van der Waals surface area contributed by atoms with Gasteiger partial charge in [0.2, 0.25) is 0 Å². The number of hydrogen-bond donors (Lipinski definition) is 0. The number of benzene rings is 1. The second-order valence-electron chi connectivity index (χ2n) is 2.26. The van der Waals surface area contributed by atoms with E-state index < -0.39 is 0 Å². The average Bonchev–Trinajstić information content (AvgIpc) is 2.27. The van der Waals surface area contributed by atoms with Crippen LogP contribution in [-0.2, 0) is 0 Å². The molecule has 0 radical (unpaired) electrons. The van der Waals surface area contributed by atoms with Crippen molar-refractivity contribution in [2.45, 2.75) is 6.92 Å². The summed E-state index contributed by atoms with van der Waals surface area (Å²) < 4.78 is 0. The van der Waals surface area contributed by atoms with Crippen molar-refractivity contribution in [1.82, 2.24) is 0 Å². The van der Waals surface area contributed by atoms with E-state index in [1.165, 1.54) is 26.6 Å². The second-order valence-corrected chi connectivity index (χ2v) is 5.36. The molecule has 1 aromatic heterocycles. The average molecular weight is 165 g/mol. The molecule has 0 aliphatic heterocycles. The molecule has 2 rings (SSSR count). The predicted octanol–water partition coefficient (Wildman–Crippen LogP) is 4.03. The first kappa shape index (κ1) is 6.40. The number of rotatable bonds is 0. The van der Waals surface area contributed by atoms with E-state index in [2.05, 4.69) is 31.2 Å². The summed E-state index contributed by atoms with van der Waals surface area (Å²) in [5.41, 5.74) is 0. The predicted molar refractivity (Wildman–Crippen MR) is 49.3 cm³/mol. The highest BCUT2D eigenvalue weighted by Crippen LogP contribution is 2.37. The summed E-state index contributed by atoms with van der Waals surface area (Å²) in [6, 6.07) is 8.64. The van der Waals surface area contributed by atoms with E-state index in [4.69, 9.17) is 0 Å². The van der Waals surface area contributed by atoms with Crippen LogP contribution in [0, 0.1) is 6.92 Å². The third kappa shape index (κ3) is 0.985. The molecule has 0 aliphatic rings. The molecular formula is C8H7P2-. The Morgan fingerprint density at radius 3 is 2.90 bits per heavy atom. The van der Waals surface area contributed by atoms with E-state index >= 15 is 0 Å². The lowest BCUT2D eigenvalue weighted by molar-refractivity contribution is 1.78. The van der Waals surface area contributed by atoms with Gasteiger partial charge in [0.25, 0.3) is 0 Å². The van der Waals surface area contributed by atoms with Crippen molar-refractivity contribution in [3.63, 3.8) is 0 Å². The molecule has 2 heteroatoms. The van der Waals surface area contributed by atoms with E-state index in [0.29, 0.717) is 0 Å². The van der Waals surface area contributed by atoms with Crippen LogP contribution in [-0.4, -0.2) is 0 Å². The molecule has 0 atom stereocenters. The fourth-order valence-electron chi connectivity index (χ4n) is 1.03. The first-order chi connectivity index (χ1) is 4.86. The van der Waals surface area contributed by atoms with Gasteiger partial charge >= 0.3 is 0 Å². The third-order valence-corrected chi connectivity index (χ3v) is 4.13. The zero-order valence-electron chi connectivity index (χ0n) is 5.70. The topological polar surface area (TPSA) is 0 Å². The SMILES string of the molecule is Cc1pc2ccccc2[p-]1. The van der Waals surface area contributed by atoms with Gasteiger partial charge in [0.15, 0.2) is 0 Å². The molecule has 1 aromatic carbocycles. The van der Waals surface area contributed by atoms with Crippen LogP contribution < -0.4 is 0 Å². The zero-order valence-corrected chi connectivity index (χ0v) is 7.49. The first-order valence-corrected chi connectivity index (χ1v) is 5.01. The van der Waals surface area contributed by atoms with E-state index in [9.17, 15) is 0 Å². The van der Waals surface area contributed by atoms with Gasteiger partial charge in [0.1, 0.15) is 0 Å². The Balaban J connectivity index is 2.88. The Labute approximate surface area is 63.5 Å². The lowest BCUT2D eigenvalue weighted by Gasteiger charge is -1.90. The molecule has 0 bridgehead atoms. The Morgan fingerprint density at radius 1 is 1.30 bits per heavy atom. The lowest BCUT2D eigenvalue weighted by atomic mass is 10.4. The smallest absolute Gasteiger partial charge is 0.0629 e. The van der Waals surface area contributed by atoms with E-state index in [-0.39, 0.29) is 0 Å². The summed E-state index contributed by atoms with van der Waals surface area (Å²) in [4.78, 5) is 0. The molecule has 0 amide bonds. The van der Waals surface area contributed by atoms with Gasteiger partial charge in [0.05, 0.1) is 0 Å². The fourth-order valence-corrected chi connectivity index (χ4v) is 3.57. The molecule has 0 unspecified atom stereocenters. The summed E-state index contributed by atoms with van der Waals surface area (Å²) in [6.45, 7) is 2.21. The second kappa shape index (κ2) is 2.38. The molecule has 50 valence electrons. The minimum absolute atomic E-state index is 1.43. The van der Waals surface area contributed by atoms with Crippen LogP contribution >= 0.6 is 16.4 Å². The van der Waals surface area contributed by atoms with Crippen LogP contribution in [0.1, 0.15) is 5.03 Å². The standard InChI is InChI=1S/C8H7P2/c1-6-9-7-4-2-3-5-8(7)10-6/h2-5H,1H3/q-1. The van der Waals surface area contributed by atoms with Crippen molar-refractivity contribution in [2.24, 2.45) is 0 Å². The summed E-state index contributed by atoms with van der Waals surface area (Å²) in [6.07, 6.45) is 0. The Morgan fingerprint density at radius 2 is 2.10 bits per heavy atom. The van der Waals surface area contributed by atoms with E-state index in [0.717, 1.165) is 0 Å². The molecule has 1 heterocycles. The molecule has 0 aliphatic carbocycles. The van der Waals surface area contributed by atoms with Gasteiger partial charge in [-0.05, 0) is 0 Å². The fraction of sp³-hybridized carbons (Fsp3) is 0.125. The number of hydrogen-bond acceptors (Lipinski definition) is 0. The van der Waals surface area contributed by atoms with E-state index in [1.807, 2.05) is 0 Å². The van der Waals surface area contributed by atoms with Crippen molar-refractivity contribution in [1.29, 1.82) is 0 Å². The number of fused-ring (bicyclic) bond motifs is 1. The highest BCUT2D eigenvalue weighted by Gasteiger charge is 1.81. The van der Waals surface area contributed by atoms with Crippen LogP contribution in [0.15, 0.2) is 24.3 Å². The highest BCUT2D eigenvalue weighted by molar-refractivity contribution is 7.57. The van der Waals surface area contributed by atoms with Gasteiger partial charge in [0, 0.05) is 0 Å². The molecule has 10 heavy (non-hydrogen) atoms.